The van der Waals surface area contributed by atoms with Crippen molar-refractivity contribution in [2.24, 2.45) is 0 Å². The highest BCUT2D eigenvalue weighted by Gasteiger charge is 2.27. The molecule has 0 atom stereocenters. The van der Waals surface area contributed by atoms with Crippen LogP contribution in [0.2, 0.25) is 0 Å². The van der Waals surface area contributed by atoms with Gasteiger partial charge < -0.3 is 14.6 Å². The van der Waals surface area contributed by atoms with Gasteiger partial charge in [0.05, 0.1) is 6.33 Å². The van der Waals surface area contributed by atoms with E-state index in [-0.39, 0.29) is 16.7 Å². The summed E-state index contributed by atoms with van der Waals surface area (Å²) in [6.07, 6.45) is 8.85. The van der Waals surface area contributed by atoms with Crippen LogP contribution >= 0.6 is 0 Å². The van der Waals surface area contributed by atoms with E-state index in [0.29, 0.717) is 24.6 Å². The number of aromatic nitrogens is 2. The number of hydrogen-bond donors (Lipinski definition) is 1. The van der Waals surface area contributed by atoms with Gasteiger partial charge in [0.15, 0.2) is 0 Å². The fourth-order valence-corrected chi connectivity index (χ4v) is 4.29. The molecular weight excluding hydrogens is 374 g/mol. The van der Waals surface area contributed by atoms with E-state index in [0.717, 1.165) is 42.6 Å². The number of aryl methyl sites for hydroxylation is 1. The van der Waals surface area contributed by atoms with E-state index in [1.807, 2.05) is 23.6 Å². The highest BCUT2D eigenvalue weighted by Crippen LogP contribution is 2.40. The number of carbonyl (C=O) groups excluding carboxylic acids is 1. The summed E-state index contributed by atoms with van der Waals surface area (Å²) in [6.45, 7) is 14.3. The predicted molar refractivity (Wildman–Crippen MR) is 121 cm³/mol. The molecular formula is C25H37N3O2. The van der Waals surface area contributed by atoms with Gasteiger partial charge in [0.2, 0.25) is 5.91 Å². The molecule has 1 saturated heterocycles. The Morgan fingerprint density at radius 2 is 1.63 bits per heavy atom. The maximum absolute atomic E-state index is 12.9. The van der Waals surface area contributed by atoms with Crippen LogP contribution in [0.3, 0.4) is 0 Å². The summed E-state index contributed by atoms with van der Waals surface area (Å²) in [6, 6.07) is 4.61. The van der Waals surface area contributed by atoms with Crippen LogP contribution in [0.4, 0.5) is 0 Å². The number of amides is 1. The van der Waals surface area contributed by atoms with E-state index in [1.165, 1.54) is 0 Å². The SMILES string of the molecule is CC(C)(C)c1cc(CCC(=O)N2CCC(n3ccnc3)CC2)cc(C(C)(C)C)c1O. The van der Waals surface area contributed by atoms with Gasteiger partial charge in [-0.05, 0) is 46.8 Å². The lowest BCUT2D eigenvalue weighted by molar-refractivity contribution is -0.132. The molecule has 0 aliphatic carbocycles. The van der Waals surface area contributed by atoms with E-state index in [9.17, 15) is 9.90 Å². The normalized spacial score (nSPS) is 16.1. The fraction of sp³-hybridized carbons (Fsp3) is 0.600. The lowest BCUT2D eigenvalue weighted by Gasteiger charge is -2.32. The molecule has 0 spiro atoms. The topological polar surface area (TPSA) is 58.4 Å². The molecule has 0 unspecified atom stereocenters. The first-order valence-electron chi connectivity index (χ1n) is 11.1. The lowest BCUT2D eigenvalue weighted by Crippen LogP contribution is -2.39. The lowest BCUT2D eigenvalue weighted by atomic mass is 9.78. The van der Waals surface area contributed by atoms with Gasteiger partial charge in [-0.1, -0.05) is 53.7 Å². The van der Waals surface area contributed by atoms with Gasteiger partial charge in [0.1, 0.15) is 5.75 Å². The minimum Gasteiger partial charge on any atom is -0.507 e. The Morgan fingerprint density at radius 3 is 2.10 bits per heavy atom. The standard InChI is InChI=1S/C25H37N3O2/c1-24(2,3)20-15-18(16-21(23(20)30)25(4,5)6)7-8-22(29)27-12-9-19(10-13-27)28-14-11-26-17-28/h11,14-17,19,30H,7-10,12-13H2,1-6H3. The van der Waals surface area contributed by atoms with Crippen LogP contribution in [0.1, 0.15) is 83.5 Å². The first-order chi connectivity index (χ1) is 14.0. The summed E-state index contributed by atoms with van der Waals surface area (Å²) in [5.41, 5.74) is 2.74. The van der Waals surface area contributed by atoms with Crippen LogP contribution in [0.5, 0.6) is 5.75 Å². The van der Waals surface area contributed by atoms with Gasteiger partial charge >= 0.3 is 0 Å². The molecule has 1 aliphatic rings. The minimum atomic E-state index is -0.153. The van der Waals surface area contributed by atoms with E-state index >= 15 is 0 Å². The Morgan fingerprint density at radius 1 is 1.07 bits per heavy atom. The van der Waals surface area contributed by atoms with Crippen molar-refractivity contribution in [2.75, 3.05) is 13.1 Å². The number of benzene rings is 1. The van der Waals surface area contributed by atoms with E-state index in [2.05, 4.69) is 63.2 Å². The number of nitrogens with zero attached hydrogens (tertiary/aromatic N) is 3. The number of likely N-dealkylation sites (tertiary alicyclic amines) is 1. The third-order valence-electron chi connectivity index (χ3n) is 6.18. The van der Waals surface area contributed by atoms with Gasteiger partial charge in [-0.3, -0.25) is 4.79 Å². The van der Waals surface area contributed by atoms with Crippen molar-refractivity contribution in [2.45, 2.75) is 84.1 Å². The Labute approximate surface area is 181 Å². The number of carbonyl (C=O) groups is 1. The molecule has 2 aromatic rings. The number of phenolic OH excluding ortho intramolecular Hbond substituents is 1. The number of aromatic hydroxyl groups is 1. The zero-order chi connectivity index (χ0) is 22.1. The van der Waals surface area contributed by atoms with Crippen molar-refractivity contribution in [3.8, 4) is 5.75 Å². The first kappa shape index (κ1) is 22.4. The third-order valence-corrected chi connectivity index (χ3v) is 6.18. The Balaban J connectivity index is 1.67. The average Bonchev–Trinajstić information content (AvgIpc) is 3.20. The summed E-state index contributed by atoms with van der Waals surface area (Å²) in [4.78, 5) is 19.0. The van der Waals surface area contributed by atoms with Gasteiger partial charge in [-0.25, -0.2) is 4.98 Å². The summed E-state index contributed by atoms with van der Waals surface area (Å²) >= 11 is 0. The Hall–Kier alpha value is -2.30. The van der Waals surface area contributed by atoms with Crippen molar-refractivity contribution in [3.05, 3.63) is 47.5 Å². The van der Waals surface area contributed by atoms with Crippen LogP contribution in [0, 0.1) is 0 Å². The van der Waals surface area contributed by atoms with E-state index in [4.69, 9.17) is 0 Å². The Bertz CT molecular complexity index is 830. The van der Waals surface area contributed by atoms with Crippen molar-refractivity contribution >= 4 is 5.91 Å². The van der Waals surface area contributed by atoms with E-state index in [1.54, 1.807) is 0 Å². The van der Waals surface area contributed by atoms with E-state index < -0.39 is 0 Å². The van der Waals surface area contributed by atoms with Crippen molar-refractivity contribution in [1.82, 2.24) is 14.5 Å². The maximum atomic E-state index is 12.9. The molecule has 30 heavy (non-hydrogen) atoms. The number of rotatable bonds is 4. The van der Waals surface area contributed by atoms with Crippen molar-refractivity contribution in [1.29, 1.82) is 0 Å². The second-order valence-corrected chi connectivity index (χ2v) is 10.7. The van der Waals surface area contributed by atoms with Gasteiger partial charge in [0.25, 0.3) is 0 Å². The largest absolute Gasteiger partial charge is 0.507 e. The molecule has 1 aromatic heterocycles. The zero-order valence-corrected chi connectivity index (χ0v) is 19.4. The molecule has 1 aromatic carbocycles. The molecule has 1 amide bonds. The van der Waals surface area contributed by atoms with Crippen LogP contribution in [-0.4, -0.2) is 38.6 Å². The van der Waals surface area contributed by atoms with Gasteiger partial charge in [-0.2, -0.15) is 0 Å². The van der Waals surface area contributed by atoms with Crippen LogP contribution in [-0.2, 0) is 22.0 Å². The summed E-state index contributed by atoms with van der Waals surface area (Å²) in [7, 11) is 0. The average molecular weight is 412 g/mol. The second kappa shape index (κ2) is 8.44. The number of piperidine rings is 1. The molecule has 5 nitrogen and oxygen atoms in total. The molecule has 1 aliphatic heterocycles. The molecule has 1 fully saturated rings. The van der Waals surface area contributed by atoms with Crippen LogP contribution in [0.25, 0.3) is 0 Å². The monoisotopic (exact) mass is 411 g/mol. The summed E-state index contributed by atoms with van der Waals surface area (Å²) in [5, 5.41) is 10.9. The number of hydrogen-bond acceptors (Lipinski definition) is 3. The third kappa shape index (κ3) is 5.05. The van der Waals surface area contributed by atoms with Gasteiger partial charge in [0, 0.05) is 37.9 Å². The predicted octanol–water partition coefficient (Wildman–Crippen LogP) is 4.98. The van der Waals surface area contributed by atoms with Crippen LogP contribution in [0.15, 0.2) is 30.9 Å². The number of phenols is 1. The van der Waals surface area contributed by atoms with Crippen molar-refractivity contribution in [3.63, 3.8) is 0 Å². The molecule has 0 bridgehead atoms. The molecule has 1 N–H and O–H groups in total. The molecule has 3 rings (SSSR count). The van der Waals surface area contributed by atoms with Gasteiger partial charge in [-0.15, -0.1) is 0 Å². The highest BCUT2D eigenvalue weighted by atomic mass is 16.3. The maximum Gasteiger partial charge on any atom is 0.222 e. The molecule has 5 heteroatoms. The fourth-order valence-electron chi connectivity index (χ4n) is 4.29. The quantitative estimate of drug-likeness (QED) is 0.772. The number of imidazole rings is 1. The molecule has 2 heterocycles. The molecule has 0 radical (unpaired) electrons. The molecule has 164 valence electrons. The Kier molecular flexibility index (Phi) is 6.30. The first-order valence-corrected chi connectivity index (χ1v) is 11.1. The highest BCUT2D eigenvalue weighted by molar-refractivity contribution is 5.76. The summed E-state index contributed by atoms with van der Waals surface area (Å²) < 4.78 is 2.15. The van der Waals surface area contributed by atoms with Crippen LogP contribution < -0.4 is 0 Å². The smallest absolute Gasteiger partial charge is 0.222 e. The summed E-state index contributed by atoms with van der Waals surface area (Å²) in [5.74, 6) is 0.619. The second-order valence-electron chi connectivity index (χ2n) is 10.7. The zero-order valence-electron chi connectivity index (χ0n) is 19.4. The molecule has 0 saturated carbocycles. The minimum absolute atomic E-state index is 0.153. The van der Waals surface area contributed by atoms with Crippen molar-refractivity contribution < 1.29 is 9.90 Å².